The van der Waals surface area contributed by atoms with E-state index < -0.39 is 12.1 Å². The van der Waals surface area contributed by atoms with E-state index in [0.29, 0.717) is 5.75 Å². The molecule has 0 aliphatic rings. The number of aliphatic hydroxyl groups excluding tert-OH is 1. The average molecular weight is 225 g/mol. The Balaban J connectivity index is 2.46. The molecule has 0 bridgehead atoms. The van der Waals surface area contributed by atoms with E-state index in [1.54, 1.807) is 6.07 Å². The fourth-order valence-electron chi connectivity index (χ4n) is 1.22. The van der Waals surface area contributed by atoms with E-state index in [2.05, 4.69) is 5.32 Å². The number of hydrogen-bond acceptors (Lipinski definition) is 3. The van der Waals surface area contributed by atoms with E-state index in [9.17, 15) is 4.79 Å². The van der Waals surface area contributed by atoms with Gasteiger partial charge in [-0.2, -0.15) is 0 Å². The van der Waals surface area contributed by atoms with Gasteiger partial charge in [-0.05, 0) is 24.6 Å². The van der Waals surface area contributed by atoms with E-state index >= 15 is 0 Å². The number of amides is 1. The van der Waals surface area contributed by atoms with Crippen molar-refractivity contribution in [2.24, 2.45) is 0 Å². The van der Waals surface area contributed by atoms with Gasteiger partial charge in [0.05, 0.1) is 12.6 Å². The summed E-state index contributed by atoms with van der Waals surface area (Å²) in [5.41, 5.74) is 1.06. The summed E-state index contributed by atoms with van der Waals surface area (Å²) in [6.45, 7) is 1.75. The van der Waals surface area contributed by atoms with Crippen molar-refractivity contribution in [3.8, 4) is 5.75 Å². The van der Waals surface area contributed by atoms with Crippen LogP contribution in [0.2, 0.25) is 0 Å². The van der Waals surface area contributed by atoms with Gasteiger partial charge in [0, 0.05) is 0 Å². The minimum Gasteiger partial charge on any atom is -0.491 e. The van der Waals surface area contributed by atoms with Crippen molar-refractivity contribution < 1.29 is 19.7 Å². The predicted molar refractivity (Wildman–Crippen MR) is 58.7 cm³/mol. The van der Waals surface area contributed by atoms with E-state index in [-0.39, 0.29) is 13.2 Å². The second-order valence-electron chi connectivity index (χ2n) is 3.46. The molecule has 0 radical (unpaired) electrons. The second-order valence-corrected chi connectivity index (χ2v) is 3.46. The summed E-state index contributed by atoms with van der Waals surface area (Å²) in [5, 5.41) is 19.5. The average Bonchev–Trinajstić information content (AvgIpc) is 2.24. The molecule has 0 spiro atoms. The topological polar surface area (TPSA) is 78.8 Å². The number of aliphatic hydroxyl groups is 1. The molecule has 1 aromatic carbocycles. The maximum Gasteiger partial charge on any atom is 0.405 e. The van der Waals surface area contributed by atoms with Crippen LogP contribution in [0.3, 0.4) is 0 Å². The summed E-state index contributed by atoms with van der Waals surface area (Å²) in [5.74, 6) is 0.658. The molecule has 0 heterocycles. The first kappa shape index (κ1) is 12.3. The van der Waals surface area contributed by atoms with E-state index in [1.807, 2.05) is 25.1 Å². The van der Waals surface area contributed by atoms with Crippen molar-refractivity contribution in [2.45, 2.75) is 13.0 Å². The number of carbonyl (C=O) groups is 1. The SMILES string of the molecule is Cc1cccc(OC[C@H](CO)NC(=O)O)c1. The van der Waals surface area contributed by atoms with Gasteiger partial charge in [0.25, 0.3) is 0 Å². The molecule has 5 heteroatoms. The number of hydrogen-bond donors (Lipinski definition) is 3. The van der Waals surface area contributed by atoms with Gasteiger partial charge >= 0.3 is 6.09 Å². The molecule has 0 unspecified atom stereocenters. The summed E-state index contributed by atoms with van der Waals surface area (Å²) < 4.78 is 5.35. The molecule has 0 aliphatic carbocycles. The number of ether oxygens (including phenoxy) is 1. The first-order valence-electron chi connectivity index (χ1n) is 4.91. The van der Waals surface area contributed by atoms with Gasteiger partial charge < -0.3 is 20.3 Å². The summed E-state index contributed by atoms with van der Waals surface area (Å²) in [4.78, 5) is 10.4. The van der Waals surface area contributed by atoms with Gasteiger partial charge in [-0.15, -0.1) is 0 Å². The van der Waals surface area contributed by atoms with Crippen molar-refractivity contribution in [3.63, 3.8) is 0 Å². The lowest BCUT2D eigenvalue weighted by Crippen LogP contribution is -2.40. The summed E-state index contributed by atoms with van der Waals surface area (Å²) in [7, 11) is 0. The van der Waals surface area contributed by atoms with E-state index in [1.165, 1.54) is 0 Å². The Morgan fingerprint density at radius 1 is 1.56 bits per heavy atom. The lowest BCUT2D eigenvalue weighted by atomic mass is 10.2. The standard InChI is InChI=1S/C11H15NO4/c1-8-3-2-4-10(5-8)16-7-9(6-13)12-11(14)15/h2-5,9,12-13H,6-7H2,1H3,(H,14,15)/t9-/m0/s1. The first-order valence-corrected chi connectivity index (χ1v) is 4.91. The Morgan fingerprint density at radius 3 is 2.88 bits per heavy atom. The number of carboxylic acid groups (broad SMARTS) is 1. The van der Waals surface area contributed by atoms with Gasteiger partial charge in [-0.25, -0.2) is 4.79 Å². The summed E-state index contributed by atoms with van der Waals surface area (Å²) >= 11 is 0. The predicted octanol–water partition coefficient (Wildman–Crippen LogP) is 1.00. The third-order valence-corrected chi connectivity index (χ3v) is 1.99. The maximum absolute atomic E-state index is 10.4. The molecule has 1 atom stereocenters. The third-order valence-electron chi connectivity index (χ3n) is 1.99. The molecule has 0 fully saturated rings. The number of aryl methyl sites for hydroxylation is 1. The second kappa shape index (κ2) is 5.97. The highest BCUT2D eigenvalue weighted by Gasteiger charge is 2.10. The van der Waals surface area contributed by atoms with Crippen LogP contribution in [0.15, 0.2) is 24.3 Å². The van der Waals surface area contributed by atoms with Gasteiger partial charge in [0.1, 0.15) is 12.4 Å². The van der Waals surface area contributed by atoms with Crippen LogP contribution in [0, 0.1) is 6.92 Å². The minimum atomic E-state index is -1.17. The highest BCUT2D eigenvalue weighted by atomic mass is 16.5. The molecular weight excluding hydrogens is 210 g/mol. The summed E-state index contributed by atoms with van der Waals surface area (Å²) in [6.07, 6.45) is -1.17. The van der Waals surface area contributed by atoms with Crippen LogP contribution in [0.5, 0.6) is 5.75 Å². The number of benzene rings is 1. The molecule has 1 aromatic rings. The number of nitrogens with one attached hydrogen (secondary N) is 1. The van der Waals surface area contributed by atoms with Crippen LogP contribution in [-0.2, 0) is 0 Å². The fraction of sp³-hybridized carbons (Fsp3) is 0.364. The highest BCUT2D eigenvalue weighted by molar-refractivity contribution is 5.64. The van der Waals surface area contributed by atoms with Gasteiger partial charge in [0.15, 0.2) is 0 Å². The molecule has 0 aliphatic heterocycles. The van der Waals surface area contributed by atoms with Crippen LogP contribution >= 0.6 is 0 Å². The van der Waals surface area contributed by atoms with Crippen LogP contribution in [0.4, 0.5) is 4.79 Å². The van der Waals surface area contributed by atoms with Crippen molar-refractivity contribution in [1.29, 1.82) is 0 Å². The van der Waals surface area contributed by atoms with Crippen LogP contribution < -0.4 is 10.1 Å². The normalized spacial score (nSPS) is 11.9. The zero-order chi connectivity index (χ0) is 12.0. The molecular formula is C11H15NO4. The lowest BCUT2D eigenvalue weighted by Gasteiger charge is -2.15. The third kappa shape index (κ3) is 4.18. The lowest BCUT2D eigenvalue weighted by molar-refractivity contribution is 0.156. The van der Waals surface area contributed by atoms with Crippen LogP contribution in [-0.4, -0.2) is 35.6 Å². The van der Waals surface area contributed by atoms with Crippen LogP contribution in [0.25, 0.3) is 0 Å². The molecule has 88 valence electrons. The van der Waals surface area contributed by atoms with Crippen LogP contribution in [0.1, 0.15) is 5.56 Å². The molecule has 0 aromatic heterocycles. The van der Waals surface area contributed by atoms with E-state index in [4.69, 9.17) is 14.9 Å². The first-order chi connectivity index (χ1) is 7.61. The number of rotatable bonds is 5. The van der Waals surface area contributed by atoms with Crippen molar-refractivity contribution in [3.05, 3.63) is 29.8 Å². The van der Waals surface area contributed by atoms with Crippen molar-refractivity contribution in [2.75, 3.05) is 13.2 Å². The summed E-state index contributed by atoms with van der Waals surface area (Å²) in [6, 6.07) is 6.80. The molecule has 1 amide bonds. The van der Waals surface area contributed by atoms with Gasteiger partial charge in [-0.1, -0.05) is 12.1 Å². The quantitative estimate of drug-likeness (QED) is 0.698. The Labute approximate surface area is 93.7 Å². The Bertz CT molecular complexity index is 354. The zero-order valence-corrected chi connectivity index (χ0v) is 9.01. The van der Waals surface area contributed by atoms with Crippen molar-refractivity contribution in [1.82, 2.24) is 5.32 Å². The molecule has 16 heavy (non-hydrogen) atoms. The largest absolute Gasteiger partial charge is 0.491 e. The Kier molecular flexibility index (Phi) is 4.60. The maximum atomic E-state index is 10.4. The Morgan fingerprint density at radius 2 is 2.31 bits per heavy atom. The van der Waals surface area contributed by atoms with E-state index in [0.717, 1.165) is 5.56 Å². The zero-order valence-electron chi connectivity index (χ0n) is 9.01. The highest BCUT2D eigenvalue weighted by Crippen LogP contribution is 2.12. The molecule has 0 saturated heterocycles. The monoisotopic (exact) mass is 225 g/mol. The van der Waals surface area contributed by atoms with Crippen molar-refractivity contribution >= 4 is 6.09 Å². The van der Waals surface area contributed by atoms with Gasteiger partial charge in [-0.3, -0.25) is 0 Å². The molecule has 5 nitrogen and oxygen atoms in total. The smallest absolute Gasteiger partial charge is 0.405 e. The molecule has 3 N–H and O–H groups in total. The minimum absolute atomic E-state index is 0.103. The fourth-order valence-corrected chi connectivity index (χ4v) is 1.22. The molecule has 0 saturated carbocycles. The Hall–Kier alpha value is -1.75. The van der Waals surface area contributed by atoms with Gasteiger partial charge in [0.2, 0.25) is 0 Å². The molecule has 1 rings (SSSR count).